The predicted molar refractivity (Wildman–Crippen MR) is 106 cm³/mol. The van der Waals surface area contributed by atoms with Gasteiger partial charge in [0.25, 0.3) is 5.91 Å². The zero-order valence-corrected chi connectivity index (χ0v) is 16.3. The number of para-hydroxylation sites is 1. The molecular weight excluding hydrogens is 354 g/mol. The van der Waals surface area contributed by atoms with E-state index in [0.29, 0.717) is 23.7 Å². The van der Waals surface area contributed by atoms with E-state index in [1.54, 1.807) is 13.2 Å². The first-order valence-electron chi connectivity index (χ1n) is 9.71. The molecule has 0 atom stereocenters. The van der Waals surface area contributed by atoms with Gasteiger partial charge < -0.3 is 14.1 Å². The Hall–Kier alpha value is -3.02. The fraction of sp³-hybridized carbons (Fsp3) is 0.364. The van der Waals surface area contributed by atoms with Gasteiger partial charge in [-0.15, -0.1) is 0 Å². The normalized spacial score (nSPS) is 14.4. The number of benzene rings is 1. The second-order valence-corrected chi connectivity index (χ2v) is 7.26. The second-order valence-electron chi connectivity index (χ2n) is 7.26. The van der Waals surface area contributed by atoms with Crippen molar-refractivity contribution in [2.24, 2.45) is 0 Å². The van der Waals surface area contributed by atoms with Crippen molar-refractivity contribution in [1.29, 1.82) is 0 Å². The van der Waals surface area contributed by atoms with Crippen molar-refractivity contribution >= 4 is 5.91 Å². The van der Waals surface area contributed by atoms with Gasteiger partial charge in [0.2, 0.25) is 0 Å². The number of methoxy groups -OCH3 is 1. The zero-order valence-electron chi connectivity index (χ0n) is 16.3. The Balaban J connectivity index is 1.61. The third kappa shape index (κ3) is 3.67. The van der Waals surface area contributed by atoms with E-state index in [0.717, 1.165) is 42.8 Å². The summed E-state index contributed by atoms with van der Waals surface area (Å²) >= 11 is 0. The summed E-state index contributed by atoms with van der Waals surface area (Å²) in [6.45, 7) is 2.40. The largest absolute Gasteiger partial charge is 0.496 e. The minimum atomic E-state index is -0.0661. The van der Waals surface area contributed by atoms with Crippen molar-refractivity contribution in [3.05, 3.63) is 59.5 Å². The van der Waals surface area contributed by atoms with Crippen LogP contribution in [0.3, 0.4) is 0 Å². The first-order valence-corrected chi connectivity index (χ1v) is 9.71. The smallest absolute Gasteiger partial charge is 0.274 e. The molecule has 6 heteroatoms. The molecule has 146 valence electrons. The number of nitrogens with one attached hydrogen (secondary N) is 1. The van der Waals surface area contributed by atoms with Crippen LogP contribution in [0.2, 0.25) is 0 Å². The zero-order chi connectivity index (χ0) is 19.5. The number of hydrogen-bond donors (Lipinski definition) is 1. The fourth-order valence-electron chi connectivity index (χ4n) is 3.88. The van der Waals surface area contributed by atoms with Crippen molar-refractivity contribution in [3.63, 3.8) is 0 Å². The van der Waals surface area contributed by atoms with Gasteiger partial charge in [-0.05, 0) is 38.0 Å². The average Bonchev–Trinajstić information content (AvgIpc) is 3.47. The first-order chi connectivity index (χ1) is 13.7. The summed E-state index contributed by atoms with van der Waals surface area (Å²) in [6.07, 6.45) is 4.35. The third-order valence-electron chi connectivity index (χ3n) is 5.36. The van der Waals surface area contributed by atoms with Crippen LogP contribution in [-0.2, 0) is 6.54 Å². The highest BCUT2D eigenvalue weighted by molar-refractivity contribution is 5.93. The lowest BCUT2D eigenvalue weighted by Crippen LogP contribution is -2.38. The van der Waals surface area contributed by atoms with Crippen molar-refractivity contribution in [1.82, 2.24) is 15.1 Å². The number of aromatic amines is 1. The Bertz CT molecular complexity index is 953. The van der Waals surface area contributed by atoms with Crippen LogP contribution < -0.4 is 4.74 Å². The monoisotopic (exact) mass is 379 g/mol. The molecule has 0 unspecified atom stereocenters. The molecule has 0 aliphatic heterocycles. The number of hydrogen-bond acceptors (Lipinski definition) is 4. The summed E-state index contributed by atoms with van der Waals surface area (Å²) in [5.41, 5.74) is 2.12. The topological polar surface area (TPSA) is 71.4 Å². The number of aromatic nitrogens is 2. The minimum absolute atomic E-state index is 0.0661. The molecule has 1 saturated carbocycles. The van der Waals surface area contributed by atoms with Crippen LogP contribution in [-0.4, -0.2) is 34.2 Å². The van der Waals surface area contributed by atoms with Gasteiger partial charge in [-0.1, -0.05) is 31.0 Å². The van der Waals surface area contributed by atoms with Crippen molar-refractivity contribution in [3.8, 4) is 17.2 Å². The molecule has 1 amide bonds. The van der Waals surface area contributed by atoms with Crippen LogP contribution >= 0.6 is 0 Å². The van der Waals surface area contributed by atoms with Gasteiger partial charge in [-0.3, -0.25) is 9.89 Å². The summed E-state index contributed by atoms with van der Waals surface area (Å²) in [6, 6.07) is 13.6. The molecule has 4 rings (SSSR count). The molecule has 1 aliphatic carbocycles. The molecular formula is C22H25N3O3. The summed E-state index contributed by atoms with van der Waals surface area (Å²) < 4.78 is 11.1. The van der Waals surface area contributed by atoms with E-state index in [2.05, 4.69) is 10.2 Å². The van der Waals surface area contributed by atoms with Gasteiger partial charge in [-0.2, -0.15) is 5.10 Å². The van der Waals surface area contributed by atoms with Crippen LogP contribution in [0.1, 0.15) is 47.5 Å². The Morgan fingerprint density at radius 1 is 1.25 bits per heavy atom. The first kappa shape index (κ1) is 18.3. The molecule has 6 nitrogen and oxygen atoms in total. The Labute approximate surface area is 164 Å². The second kappa shape index (κ2) is 7.92. The Morgan fingerprint density at radius 2 is 2.04 bits per heavy atom. The van der Waals surface area contributed by atoms with Crippen LogP contribution in [0.4, 0.5) is 0 Å². The number of aryl methyl sites for hydroxylation is 1. The molecule has 3 aromatic rings. The molecule has 0 bridgehead atoms. The number of nitrogens with zero attached hydrogens (tertiary/aromatic N) is 2. The Kier molecular flexibility index (Phi) is 5.19. The number of ether oxygens (including phenoxy) is 1. The van der Waals surface area contributed by atoms with Gasteiger partial charge in [0, 0.05) is 24.2 Å². The van der Waals surface area contributed by atoms with Gasteiger partial charge in [0.1, 0.15) is 17.2 Å². The third-order valence-corrected chi connectivity index (χ3v) is 5.36. The molecule has 0 spiro atoms. The SMILES string of the molecule is COc1ccccc1CN(C(=O)c1cc(-c2ccc(C)o2)[nH]n1)C1CCCC1. The lowest BCUT2D eigenvalue weighted by molar-refractivity contribution is 0.0657. The molecule has 2 aromatic heterocycles. The number of carbonyl (C=O) groups is 1. The lowest BCUT2D eigenvalue weighted by Gasteiger charge is -2.29. The van der Waals surface area contributed by atoms with Crippen molar-refractivity contribution < 1.29 is 13.9 Å². The number of H-pyrrole nitrogens is 1. The summed E-state index contributed by atoms with van der Waals surface area (Å²) in [7, 11) is 1.66. The van der Waals surface area contributed by atoms with Gasteiger partial charge >= 0.3 is 0 Å². The molecule has 2 heterocycles. The maximum absolute atomic E-state index is 13.4. The standard InChI is InChI=1S/C22H25N3O3/c1-15-11-12-21(28-15)18-13-19(24-23-18)22(26)25(17-8-4-5-9-17)14-16-7-3-6-10-20(16)27-2/h3,6-7,10-13,17H,4-5,8-9,14H2,1-2H3,(H,23,24). The predicted octanol–water partition coefficient (Wildman–Crippen LogP) is 4.57. The van der Waals surface area contributed by atoms with Gasteiger partial charge in [-0.25, -0.2) is 0 Å². The van der Waals surface area contributed by atoms with Gasteiger partial charge in [0.05, 0.1) is 7.11 Å². The van der Waals surface area contributed by atoms with Gasteiger partial charge in [0.15, 0.2) is 11.5 Å². The molecule has 1 aromatic carbocycles. The lowest BCUT2D eigenvalue weighted by atomic mass is 10.1. The van der Waals surface area contributed by atoms with E-state index in [4.69, 9.17) is 9.15 Å². The summed E-state index contributed by atoms with van der Waals surface area (Å²) in [5, 5.41) is 7.20. The highest BCUT2D eigenvalue weighted by Crippen LogP contribution is 2.29. The molecule has 1 aliphatic rings. The van der Waals surface area contributed by atoms with E-state index in [1.165, 1.54) is 0 Å². The molecule has 0 saturated heterocycles. The van der Waals surface area contributed by atoms with E-state index >= 15 is 0 Å². The fourth-order valence-corrected chi connectivity index (χ4v) is 3.88. The number of amides is 1. The maximum atomic E-state index is 13.4. The van der Waals surface area contributed by atoms with E-state index in [9.17, 15) is 4.79 Å². The summed E-state index contributed by atoms with van der Waals surface area (Å²) in [4.78, 5) is 15.3. The average molecular weight is 379 g/mol. The molecule has 0 radical (unpaired) electrons. The van der Waals surface area contributed by atoms with Crippen LogP contribution in [0.25, 0.3) is 11.5 Å². The molecule has 1 fully saturated rings. The molecule has 1 N–H and O–H groups in total. The van der Waals surface area contributed by atoms with E-state index < -0.39 is 0 Å². The van der Waals surface area contributed by atoms with Crippen LogP contribution in [0.5, 0.6) is 5.75 Å². The number of rotatable bonds is 6. The Morgan fingerprint density at radius 3 is 2.75 bits per heavy atom. The quantitative estimate of drug-likeness (QED) is 0.681. The number of carbonyl (C=O) groups excluding carboxylic acids is 1. The van der Waals surface area contributed by atoms with E-state index in [-0.39, 0.29) is 11.9 Å². The maximum Gasteiger partial charge on any atom is 0.274 e. The van der Waals surface area contributed by atoms with Crippen molar-refractivity contribution in [2.75, 3.05) is 7.11 Å². The highest BCUT2D eigenvalue weighted by Gasteiger charge is 2.29. The highest BCUT2D eigenvalue weighted by atomic mass is 16.5. The van der Waals surface area contributed by atoms with Crippen LogP contribution in [0.15, 0.2) is 46.9 Å². The van der Waals surface area contributed by atoms with Crippen LogP contribution in [0, 0.1) is 6.92 Å². The molecule has 28 heavy (non-hydrogen) atoms. The minimum Gasteiger partial charge on any atom is -0.496 e. The number of furan rings is 1. The van der Waals surface area contributed by atoms with E-state index in [1.807, 2.05) is 48.2 Å². The summed E-state index contributed by atoms with van der Waals surface area (Å²) in [5.74, 6) is 2.23. The van der Waals surface area contributed by atoms with Crippen molar-refractivity contribution in [2.45, 2.75) is 45.2 Å².